The number of allylic oxidation sites excluding steroid dienone is 1. The van der Waals surface area contributed by atoms with Crippen molar-refractivity contribution in [2.24, 2.45) is 0 Å². The summed E-state index contributed by atoms with van der Waals surface area (Å²) in [4.78, 5) is 12.6. The van der Waals surface area contributed by atoms with E-state index in [-0.39, 0.29) is 5.78 Å². The van der Waals surface area contributed by atoms with Crippen molar-refractivity contribution in [2.75, 3.05) is 14.2 Å². The van der Waals surface area contributed by atoms with Gasteiger partial charge in [-0.05, 0) is 36.8 Å². The van der Waals surface area contributed by atoms with Crippen molar-refractivity contribution < 1.29 is 14.3 Å². The number of carbonyl (C=O) groups excluding carboxylic acids is 1. The molecule has 0 saturated carbocycles. The Morgan fingerprint density at radius 3 is 2.48 bits per heavy atom. The van der Waals surface area contributed by atoms with E-state index in [9.17, 15) is 4.79 Å². The maximum Gasteiger partial charge on any atom is 0.189 e. The Balaban J connectivity index is 1.64. The highest BCUT2D eigenvalue weighted by atomic mass is 16.5. The van der Waals surface area contributed by atoms with Crippen molar-refractivity contribution in [2.45, 2.75) is 13.3 Å². The molecule has 0 spiro atoms. The minimum atomic E-state index is 0.0872. The minimum Gasteiger partial charge on any atom is -0.497 e. The van der Waals surface area contributed by atoms with Crippen molar-refractivity contribution in [3.63, 3.8) is 0 Å². The van der Waals surface area contributed by atoms with E-state index in [1.165, 1.54) is 5.56 Å². The number of aromatic nitrogens is 2. The first-order valence-electron chi connectivity index (χ1n) is 8.71. The highest BCUT2D eigenvalue weighted by Gasteiger charge is 2.24. The average Bonchev–Trinajstić information content (AvgIpc) is 3.26. The average molecular weight is 360 g/mol. The number of ether oxygens (including phenoxy) is 2. The van der Waals surface area contributed by atoms with Crippen LogP contribution < -0.4 is 9.47 Å². The topological polar surface area (TPSA) is 64.2 Å². The van der Waals surface area contributed by atoms with Gasteiger partial charge in [-0.2, -0.15) is 5.10 Å². The van der Waals surface area contributed by atoms with Crippen molar-refractivity contribution in [3.8, 4) is 22.8 Å². The Morgan fingerprint density at radius 1 is 1.04 bits per heavy atom. The van der Waals surface area contributed by atoms with Crippen LogP contribution in [-0.4, -0.2) is 30.2 Å². The zero-order chi connectivity index (χ0) is 19.0. The third kappa shape index (κ3) is 3.24. The van der Waals surface area contributed by atoms with Crippen LogP contribution in [0.2, 0.25) is 0 Å². The minimum absolute atomic E-state index is 0.0872. The number of methoxy groups -OCH3 is 2. The largest absolute Gasteiger partial charge is 0.497 e. The molecule has 5 heteroatoms. The fourth-order valence-electron chi connectivity index (χ4n) is 3.37. The van der Waals surface area contributed by atoms with Crippen LogP contribution in [0.3, 0.4) is 0 Å². The predicted molar refractivity (Wildman–Crippen MR) is 104 cm³/mol. The molecule has 0 unspecified atom stereocenters. The molecule has 1 aromatic heterocycles. The third-order valence-corrected chi connectivity index (χ3v) is 4.75. The Bertz CT molecular complexity index is 1040. The number of hydrogen-bond acceptors (Lipinski definition) is 4. The first-order chi connectivity index (χ1) is 13.1. The quantitative estimate of drug-likeness (QED) is 0.708. The number of nitrogens with one attached hydrogen (secondary N) is 1. The molecule has 2 aromatic carbocycles. The molecule has 3 aromatic rings. The molecular weight excluding hydrogens is 340 g/mol. The number of fused-ring (bicyclic) bond motifs is 1. The van der Waals surface area contributed by atoms with Gasteiger partial charge in [0, 0.05) is 29.2 Å². The summed E-state index contributed by atoms with van der Waals surface area (Å²) in [5.74, 6) is 1.48. The molecule has 1 aliphatic carbocycles. The fraction of sp³-hybridized carbons (Fsp3) is 0.182. The van der Waals surface area contributed by atoms with Gasteiger partial charge in [-0.15, -0.1) is 0 Å². The predicted octanol–water partition coefficient (Wildman–Crippen LogP) is 4.22. The van der Waals surface area contributed by atoms with E-state index in [4.69, 9.17) is 9.47 Å². The summed E-state index contributed by atoms with van der Waals surface area (Å²) in [6.07, 6.45) is 2.53. The lowest BCUT2D eigenvalue weighted by Gasteiger charge is -2.06. The van der Waals surface area contributed by atoms with E-state index in [2.05, 4.69) is 16.3 Å². The van der Waals surface area contributed by atoms with E-state index in [0.29, 0.717) is 17.9 Å². The van der Waals surface area contributed by atoms with Crippen molar-refractivity contribution in [3.05, 3.63) is 70.4 Å². The summed E-state index contributed by atoms with van der Waals surface area (Å²) < 4.78 is 10.6. The van der Waals surface area contributed by atoms with Crippen LogP contribution in [0.25, 0.3) is 17.3 Å². The van der Waals surface area contributed by atoms with E-state index >= 15 is 0 Å². The lowest BCUT2D eigenvalue weighted by atomic mass is 10.1. The second-order valence-corrected chi connectivity index (χ2v) is 6.65. The van der Waals surface area contributed by atoms with Gasteiger partial charge in [-0.25, -0.2) is 0 Å². The number of aromatic amines is 1. The van der Waals surface area contributed by atoms with Gasteiger partial charge in [-0.3, -0.25) is 9.89 Å². The molecule has 4 rings (SSSR count). The number of rotatable bonds is 4. The Morgan fingerprint density at radius 2 is 1.78 bits per heavy atom. The summed E-state index contributed by atoms with van der Waals surface area (Å²) in [5, 5.41) is 7.38. The number of benzene rings is 2. The Hall–Kier alpha value is -3.34. The van der Waals surface area contributed by atoms with Gasteiger partial charge < -0.3 is 9.47 Å². The molecule has 1 N–H and O–H groups in total. The van der Waals surface area contributed by atoms with Crippen molar-refractivity contribution in [1.82, 2.24) is 10.2 Å². The molecule has 0 bridgehead atoms. The molecule has 1 heterocycles. The highest BCUT2D eigenvalue weighted by molar-refractivity contribution is 6.15. The monoisotopic (exact) mass is 360 g/mol. The molecule has 0 saturated heterocycles. The van der Waals surface area contributed by atoms with Crippen LogP contribution in [-0.2, 0) is 6.42 Å². The van der Waals surface area contributed by atoms with Crippen LogP contribution in [0.5, 0.6) is 11.5 Å². The van der Waals surface area contributed by atoms with Crippen LogP contribution in [0.15, 0.2) is 48.0 Å². The number of H-pyrrole nitrogens is 1. The molecular formula is C22H20N2O3. The number of Topliss-reactive ketones (excluding diaryl/α,β-unsaturated/α-hetero) is 1. The lowest BCUT2D eigenvalue weighted by molar-refractivity contribution is 0.104. The van der Waals surface area contributed by atoms with Gasteiger partial charge in [0.05, 0.1) is 25.6 Å². The standard InChI is InChI=1S/C22H20N2O3/c1-13-4-5-20-14(6-13)7-16(22(20)25)8-17-11-21(24-23-17)15-9-18(26-2)12-19(10-15)27-3/h4-6,8-12H,7H2,1-3H3,(H,23,24)/b16-8+. The molecule has 0 amide bonds. The summed E-state index contributed by atoms with van der Waals surface area (Å²) in [6, 6.07) is 13.5. The number of aryl methyl sites for hydroxylation is 1. The summed E-state index contributed by atoms with van der Waals surface area (Å²) in [5.41, 5.74) is 6.25. The van der Waals surface area contributed by atoms with E-state index in [1.54, 1.807) is 14.2 Å². The molecule has 136 valence electrons. The normalized spacial score (nSPS) is 14.5. The van der Waals surface area contributed by atoms with E-state index in [1.807, 2.05) is 49.4 Å². The fourth-order valence-corrected chi connectivity index (χ4v) is 3.37. The van der Waals surface area contributed by atoms with E-state index < -0.39 is 0 Å². The van der Waals surface area contributed by atoms with Crippen molar-refractivity contribution in [1.29, 1.82) is 0 Å². The maximum absolute atomic E-state index is 12.6. The summed E-state index contributed by atoms with van der Waals surface area (Å²) in [7, 11) is 3.23. The molecule has 5 nitrogen and oxygen atoms in total. The molecule has 27 heavy (non-hydrogen) atoms. The Labute approximate surface area is 157 Å². The van der Waals surface area contributed by atoms with Crippen molar-refractivity contribution >= 4 is 11.9 Å². The molecule has 0 radical (unpaired) electrons. The molecule has 0 fully saturated rings. The summed E-state index contributed by atoms with van der Waals surface area (Å²) in [6.45, 7) is 2.04. The highest BCUT2D eigenvalue weighted by Crippen LogP contribution is 2.31. The second kappa shape index (κ2) is 6.76. The number of carbonyl (C=O) groups is 1. The van der Waals surface area contributed by atoms with Gasteiger partial charge in [0.25, 0.3) is 0 Å². The molecule has 0 aliphatic heterocycles. The zero-order valence-corrected chi connectivity index (χ0v) is 15.5. The third-order valence-electron chi connectivity index (χ3n) is 4.75. The summed E-state index contributed by atoms with van der Waals surface area (Å²) >= 11 is 0. The first-order valence-corrected chi connectivity index (χ1v) is 8.71. The number of hydrogen-bond donors (Lipinski definition) is 1. The van der Waals surface area contributed by atoms with Crippen LogP contribution >= 0.6 is 0 Å². The number of ketones is 1. The van der Waals surface area contributed by atoms with Crippen LogP contribution in [0.4, 0.5) is 0 Å². The molecule has 0 atom stereocenters. The van der Waals surface area contributed by atoms with Gasteiger partial charge in [0.15, 0.2) is 5.78 Å². The SMILES string of the molecule is COc1cc(OC)cc(-c2cc(/C=C3\Cc4cc(C)ccc4C3=O)[nH]n2)c1. The van der Waals surface area contributed by atoms with E-state index in [0.717, 1.165) is 33.7 Å². The number of nitrogens with zero attached hydrogens (tertiary/aromatic N) is 1. The zero-order valence-electron chi connectivity index (χ0n) is 15.5. The van der Waals surface area contributed by atoms with Crippen LogP contribution in [0, 0.1) is 6.92 Å². The van der Waals surface area contributed by atoms with Gasteiger partial charge in [-0.1, -0.05) is 23.8 Å². The van der Waals surface area contributed by atoms with Gasteiger partial charge >= 0.3 is 0 Å². The maximum atomic E-state index is 12.6. The second-order valence-electron chi connectivity index (χ2n) is 6.65. The Kier molecular flexibility index (Phi) is 4.28. The van der Waals surface area contributed by atoms with Gasteiger partial charge in [0.2, 0.25) is 0 Å². The lowest BCUT2D eigenvalue weighted by Crippen LogP contribution is -1.95. The molecule has 1 aliphatic rings. The first kappa shape index (κ1) is 17.1. The smallest absolute Gasteiger partial charge is 0.189 e. The van der Waals surface area contributed by atoms with Crippen LogP contribution in [0.1, 0.15) is 27.2 Å². The van der Waals surface area contributed by atoms with Gasteiger partial charge in [0.1, 0.15) is 11.5 Å².